The molecule has 0 saturated carbocycles. The average Bonchev–Trinajstić information content (AvgIpc) is 3.12. The quantitative estimate of drug-likeness (QED) is 0.0585. The maximum absolute atomic E-state index is 13.9. The molecule has 4 atom stereocenters. The number of phenolic OH excluding ortho intramolecular Hbond substituents is 1. The fourth-order valence-corrected chi connectivity index (χ4v) is 5.79. The Kier molecular flexibility index (Phi) is 14.3. The SMILES string of the molecule is NC(N)=NCCC[C@@H]1NC(=O)[C@H](CCCN=C(N)N)NC(=O)[C@@H](Cc2ccc(O)cc2)NC(=O)CNC(=O)[C@@H](Cc2ccc3ccccc3c2)NC1=O. The average molecular weight is 730 g/mol. The second-order valence-electron chi connectivity index (χ2n) is 12.7. The van der Waals surface area contributed by atoms with Crippen molar-refractivity contribution < 1.29 is 29.1 Å². The van der Waals surface area contributed by atoms with E-state index in [-0.39, 0.29) is 69.3 Å². The first-order valence-corrected chi connectivity index (χ1v) is 17.2. The Hall–Kier alpha value is -6.39. The molecule has 1 aliphatic rings. The molecule has 0 spiro atoms. The number of nitrogens with one attached hydrogen (secondary N) is 5. The molecule has 14 N–H and O–H groups in total. The topological polar surface area (TPSA) is 295 Å². The molecule has 5 amide bonds. The molecule has 3 aromatic carbocycles. The number of guanidine groups is 2. The maximum Gasteiger partial charge on any atom is 0.243 e. The van der Waals surface area contributed by atoms with Gasteiger partial charge in [0.15, 0.2) is 11.9 Å². The van der Waals surface area contributed by atoms with Crippen LogP contribution >= 0.6 is 0 Å². The van der Waals surface area contributed by atoms with E-state index in [9.17, 15) is 29.1 Å². The summed E-state index contributed by atoms with van der Waals surface area (Å²) in [6, 6.07) is 14.7. The standard InChI is InChI=1S/C36H47N11O6/c37-35(38)41-15-3-7-26-32(51)45-27(8-4-16-42-36(39)40)33(52)47-28(19-22-9-12-23-5-1-2-6-24(23)17-22)31(50)43-20-30(49)44-29(34(53)46-26)18-21-10-13-25(48)14-11-21/h1-2,5-6,9-14,17,26-29,48H,3-4,7-8,15-16,18-20H2,(H,43,50)(H,44,49)(H,45,51)(H,46,53)(H,47,52)(H4,37,38,41)(H4,39,40,42)/t26-,27-,28+,29+/m0/s1. The fraction of sp³-hybridized carbons (Fsp3) is 0.361. The third kappa shape index (κ3) is 12.7. The Bertz CT molecular complexity index is 1820. The zero-order valence-corrected chi connectivity index (χ0v) is 29.2. The van der Waals surface area contributed by atoms with Crippen molar-refractivity contribution in [2.45, 2.75) is 62.7 Å². The lowest BCUT2D eigenvalue weighted by molar-refractivity contribution is -0.134. The number of nitrogens with two attached hydrogens (primary N) is 4. The van der Waals surface area contributed by atoms with Gasteiger partial charge in [-0.15, -0.1) is 0 Å². The summed E-state index contributed by atoms with van der Waals surface area (Å²) in [7, 11) is 0. The summed E-state index contributed by atoms with van der Waals surface area (Å²) in [5.74, 6) is -3.66. The fourth-order valence-electron chi connectivity index (χ4n) is 5.79. The highest BCUT2D eigenvalue weighted by Gasteiger charge is 2.32. The number of hydrogen-bond acceptors (Lipinski definition) is 8. The number of rotatable bonds is 12. The van der Waals surface area contributed by atoms with E-state index in [2.05, 4.69) is 36.6 Å². The van der Waals surface area contributed by atoms with Gasteiger partial charge in [-0.3, -0.25) is 34.0 Å². The van der Waals surface area contributed by atoms with Crippen molar-refractivity contribution in [3.05, 3.63) is 77.9 Å². The maximum atomic E-state index is 13.9. The van der Waals surface area contributed by atoms with Gasteiger partial charge in [-0.2, -0.15) is 0 Å². The predicted octanol–water partition coefficient (Wildman–Crippen LogP) is -1.49. The minimum atomic E-state index is -1.19. The summed E-state index contributed by atoms with van der Waals surface area (Å²) in [6.45, 7) is -0.194. The van der Waals surface area contributed by atoms with Crippen LogP contribution < -0.4 is 49.5 Å². The normalized spacial score (nSPS) is 20.0. The molecular formula is C36H47N11O6. The Morgan fingerprint density at radius 2 is 1.09 bits per heavy atom. The number of aliphatic imine (C=N–C) groups is 2. The summed E-state index contributed by atoms with van der Waals surface area (Å²) in [5.41, 5.74) is 23.2. The van der Waals surface area contributed by atoms with Gasteiger partial charge in [0.25, 0.3) is 0 Å². The Labute approximate surface area is 306 Å². The summed E-state index contributed by atoms with van der Waals surface area (Å²) >= 11 is 0. The van der Waals surface area contributed by atoms with Gasteiger partial charge in [-0.25, -0.2) is 0 Å². The highest BCUT2D eigenvalue weighted by atomic mass is 16.3. The highest BCUT2D eigenvalue weighted by molar-refractivity contribution is 5.97. The molecule has 0 bridgehead atoms. The van der Waals surface area contributed by atoms with Crippen LogP contribution in [0.1, 0.15) is 36.8 Å². The molecule has 1 fully saturated rings. The number of carbonyl (C=O) groups excluding carboxylic acids is 5. The summed E-state index contributed by atoms with van der Waals surface area (Å²) in [4.78, 5) is 76.4. The van der Waals surface area contributed by atoms with Crippen LogP contribution in [0.25, 0.3) is 10.8 Å². The summed E-state index contributed by atoms with van der Waals surface area (Å²) in [5, 5.41) is 25.1. The van der Waals surface area contributed by atoms with Crippen LogP contribution in [0.2, 0.25) is 0 Å². The van der Waals surface area contributed by atoms with Crippen LogP contribution in [0.4, 0.5) is 0 Å². The van der Waals surface area contributed by atoms with Crippen molar-refractivity contribution in [2.75, 3.05) is 19.6 Å². The van der Waals surface area contributed by atoms with Gasteiger partial charge in [0.05, 0.1) is 6.54 Å². The second kappa shape index (κ2) is 19.3. The molecule has 0 aromatic heterocycles. The lowest BCUT2D eigenvalue weighted by Gasteiger charge is -2.26. The predicted molar refractivity (Wildman–Crippen MR) is 200 cm³/mol. The first-order chi connectivity index (χ1) is 25.4. The van der Waals surface area contributed by atoms with E-state index in [1.165, 1.54) is 12.1 Å². The minimum Gasteiger partial charge on any atom is -0.508 e. The third-order valence-corrected chi connectivity index (χ3v) is 8.49. The number of fused-ring (bicyclic) bond motifs is 1. The second-order valence-corrected chi connectivity index (χ2v) is 12.7. The van der Waals surface area contributed by atoms with E-state index in [0.29, 0.717) is 5.56 Å². The van der Waals surface area contributed by atoms with Gasteiger partial charge < -0.3 is 54.6 Å². The number of benzene rings is 3. The van der Waals surface area contributed by atoms with Gasteiger partial charge in [-0.1, -0.05) is 54.6 Å². The van der Waals surface area contributed by atoms with Gasteiger partial charge in [-0.05, 0) is 59.7 Å². The van der Waals surface area contributed by atoms with E-state index in [4.69, 9.17) is 22.9 Å². The lowest BCUT2D eigenvalue weighted by Crippen LogP contribution is -2.58. The molecule has 0 aliphatic carbocycles. The van der Waals surface area contributed by atoms with E-state index >= 15 is 0 Å². The lowest BCUT2D eigenvalue weighted by atomic mass is 10.0. The number of phenols is 1. The van der Waals surface area contributed by atoms with Crippen molar-refractivity contribution in [2.24, 2.45) is 32.9 Å². The minimum absolute atomic E-state index is 0.00775. The molecule has 0 radical (unpaired) electrons. The van der Waals surface area contributed by atoms with E-state index in [1.807, 2.05) is 42.5 Å². The van der Waals surface area contributed by atoms with Crippen molar-refractivity contribution >= 4 is 52.2 Å². The molecule has 53 heavy (non-hydrogen) atoms. The van der Waals surface area contributed by atoms with Crippen LogP contribution in [0.15, 0.2) is 76.7 Å². The first-order valence-electron chi connectivity index (χ1n) is 17.2. The summed E-state index contributed by atoms with van der Waals surface area (Å²) < 4.78 is 0. The van der Waals surface area contributed by atoms with Crippen LogP contribution in [0.5, 0.6) is 5.75 Å². The van der Waals surface area contributed by atoms with Crippen molar-refractivity contribution in [1.82, 2.24) is 26.6 Å². The largest absolute Gasteiger partial charge is 0.508 e. The molecular weight excluding hydrogens is 682 g/mol. The van der Waals surface area contributed by atoms with Crippen LogP contribution in [0, 0.1) is 0 Å². The molecule has 1 saturated heterocycles. The number of carbonyl (C=O) groups is 5. The smallest absolute Gasteiger partial charge is 0.243 e. The molecule has 17 heteroatoms. The number of nitrogens with zero attached hydrogens (tertiary/aromatic N) is 2. The van der Waals surface area contributed by atoms with Crippen molar-refractivity contribution in [1.29, 1.82) is 0 Å². The summed E-state index contributed by atoms with van der Waals surface area (Å²) in [6.07, 6.45) is 0.769. The van der Waals surface area contributed by atoms with Gasteiger partial charge >= 0.3 is 0 Å². The molecule has 1 heterocycles. The monoisotopic (exact) mass is 729 g/mol. The molecule has 3 aromatic rings. The van der Waals surface area contributed by atoms with Gasteiger partial charge in [0.1, 0.15) is 29.9 Å². The molecule has 0 unspecified atom stereocenters. The Balaban J connectivity index is 1.68. The zero-order chi connectivity index (χ0) is 38.3. The van der Waals surface area contributed by atoms with Crippen LogP contribution in [0.3, 0.4) is 0 Å². The van der Waals surface area contributed by atoms with Gasteiger partial charge in [0.2, 0.25) is 29.5 Å². The Morgan fingerprint density at radius 1 is 0.604 bits per heavy atom. The van der Waals surface area contributed by atoms with Crippen LogP contribution in [-0.4, -0.2) is 90.4 Å². The molecule has 17 nitrogen and oxygen atoms in total. The van der Waals surface area contributed by atoms with Crippen molar-refractivity contribution in [3.63, 3.8) is 0 Å². The number of aromatic hydroxyl groups is 1. The highest BCUT2D eigenvalue weighted by Crippen LogP contribution is 2.17. The molecule has 4 rings (SSSR count). The number of amides is 5. The van der Waals surface area contributed by atoms with Crippen LogP contribution in [-0.2, 0) is 36.8 Å². The molecule has 1 aliphatic heterocycles. The molecule has 282 valence electrons. The van der Waals surface area contributed by atoms with Gasteiger partial charge in [0, 0.05) is 25.9 Å². The van der Waals surface area contributed by atoms with E-state index < -0.39 is 60.2 Å². The number of hydrogen-bond donors (Lipinski definition) is 10. The third-order valence-electron chi connectivity index (χ3n) is 8.49. The van der Waals surface area contributed by atoms with E-state index in [1.54, 1.807) is 12.1 Å². The van der Waals surface area contributed by atoms with Crippen molar-refractivity contribution in [3.8, 4) is 5.75 Å². The zero-order valence-electron chi connectivity index (χ0n) is 29.2. The van der Waals surface area contributed by atoms with E-state index in [0.717, 1.165) is 16.3 Å². The first kappa shape index (κ1) is 39.4. The Morgan fingerprint density at radius 3 is 1.68 bits per heavy atom.